The normalized spacial score (nSPS) is 14.5. The number of rotatable bonds is 0. The third-order valence-electron chi connectivity index (χ3n) is 1.59. The number of carbonyl (C=O) groups excluding carboxylic acids is 1. The van der Waals surface area contributed by atoms with Gasteiger partial charge in [-0.1, -0.05) is 0 Å². The molecule has 11 heavy (non-hydrogen) atoms. The van der Waals surface area contributed by atoms with E-state index in [0.717, 1.165) is 6.20 Å². The Morgan fingerprint density at radius 1 is 1.64 bits per heavy atom. The Bertz CT molecular complexity index is 324. The van der Waals surface area contributed by atoms with Gasteiger partial charge >= 0.3 is 0 Å². The van der Waals surface area contributed by atoms with E-state index in [1.54, 1.807) is 0 Å². The minimum atomic E-state index is -0.403. The van der Waals surface area contributed by atoms with Crippen molar-refractivity contribution < 1.29 is 9.18 Å². The number of carbonyl (C=O) groups is 1. The number of aromatic nitrogens is 1. The van der Waals surface area contributed by atoms with Crippen LogP contribution in [0.2, 0.25) is 0 Å². The Morgan fingerprint density at radius 2 is 2.45 bits per heavy atom. The van der Waals surface area contributed by atoms with Crippen molar-refractivity contribution in [1.29, 1.82) is 0 Å². The van der Waals surface area contributed by atoms with Gasteiger partial charge in [0.2, 0.25) is 0 Å². The Morgan fingerprint density at radius 3 is 3.27 bits per heavy atom. The fourth-order valence-corrected chi connectivity index (χ4v) is 1.08. The zero-order valence-electron chi connectivity index (χ0n) is 5.60. The summed E-state index contributed by atoms with van der Waals surface area (Å²) >= 11 is 0. The van der Waals surface area contributed by atoms with Gasteiger partial charge in [-0.05, 0) is 6.07 Å². The molecule has 0 bridgehead atoms. The number of fused-ring (bicyclic) bond motifs is 1. The average molecular weight is 152 g/mol. The standard InChI is InChI=1S/C7H5FN2O/c8-5-1-4-2-10-7(11)6(4)9-3-5/h1,3H,2H2,(H,10,11). The summed E-state index contributed by atoms with van der Waals surface area (Å²) in [7, 11) is 0. The summed E-state index contributed by atoms with van der Waals surface area (Å²) in [6.07, 6.45) is 1.05. The van der Waals surface area contributed by atoms with Gasteiger partial charge in [-0.3, -0.25) is 4.79 Å². The topological polar surface area (TPSA) is 42.0 Å². The number of halogens is 1. The fraction of sp³-hybridized carbons (Fsp3) is 0.143. The lowest BCUT2D eigenvalue weighted by atomic mass is 10.2. The van der Waals surface area contributed by atoms with Gasteiger partial charge in [-0.2, -0.15) is 0 Å². The van der Waals surface area contributed by atoms with Crippen molar-refractivity contribution in [3.63, 3.8) is 0 Å². The Balaban J connectivity index is 2.59. The average Bonchev–Trinajstić information content (AvgIpc) is 2.32. The van der Waals surface area contributed by atoms with E-state index >= 15 is 0 Å². The minimum Gasteiger partial charge on any atom is -0.347 e. The summed E-state index contributed by atoms with van der Waals surface area (Å²) in [6.45, 7) is 0.388. The van der Waals surface area contributed by atoms with Crippen molar-refractivity contribution in [2.45, 2.75) is 6.54 Å². The molecule has 0 radical (unpaired) electrons. The van der Waals surface area contributed by atoms with Crippen molar-refractivity contribution in [3.8, 4) is 0 Å². The molecule has 0 fully saturated rings. The van der Waals surface area contributed by atoms with Crippen molar-refractivity contribution in [1.82, 2.24) is 10.3 Å². The highest BCUT2D eigenvalue weighted by molar-refractivity contribution is 5.96. The highest BCUT2D eigenvalue weighted by atomic mass is 19.1. The number of amides is 1. The van der Waals surface area contributed by atoms with Gasteiger partial charge in [-0.15, -0.1) is 0 Å². The molecular weight excluding hydrogens is 147 g/mol. The van der Waals surface area contributed by atoms with Gasteiger partial charge < -0.3 is 5.32 Å². The predicted molar refractivity (Wildman–Crippen MR) is 35.4 cm³/mol. The molecule has 0 atom stereocenters. The third-order valence-corrected chi connectivity index (χ3v) is 1.59. The first kappa shape index (κ1) is 6.27. The van der Waals surface area contributed by atoms with E-state index in [-0.39, 0.29) is 5.91 Å². The van der Waals surface area contributed by atoms with Gasteiger partial charge in [-0.25, -0.2) is 9.37 Å². The fourth-order valence-electron chi connectivity index (χ4n) is 1.08. The quantitative estimate of drug-likeness (QED) is 0.587. The first-order valence-electron chi connectivity index (χ1n) is 3.20. The van der Waals surface area contributed by atoms with Crippen molar-refractivity contribution in [3.05, 3.63) is 29.3 Å². The molecule has 0 saturated carbocycles. The zero-order valence-corrected chi connectivity index (χ0v) is 5.60. The first-order valence-corrected chi connectivity index (χ1v) is 3.20. The second-order valence-corrected chi connectivity index (χ2v) is 2.34. The second-order valence-electron chi connectivity index (χ2n) is 2.34. The Labute approximate surface area is 62.3 Å². The van der Waals surface area contributed by atoms with Crippen LogP contribution in [-0.4, -0.2) is 10.9 Å². The smallest absolute Gasteiger partial charge is 0.270 e. The molecule has 0 unspecified atom stereocenters. The van der Waals surface area contributed by atoms with E-state index in [1.165, 1.54) is 6.07 Å². The van der Waals surface area contributed by atoms with Crippen LogP contribution in [0.5, 0.6) is 0 Å². The van der Waals surface area contributed by atoms with Crippen LogP contribution in [0.1, 0.15) is 16.1 Å². The second kappa shape index (κ2) is 2.02. The number of nitrogens with one attached hydrogen (secondary N) is 1. The molecule has 1 aromatic rings. The summed E-state index contributed by atoms with van der Waals surface area (Å²) in [4.78, 5) is 14.5. The maximum atomic E-state index is 12.5. The van der Waals surface area contributed by atoms with Crippen molar-refractivity contribution in [2.75, 3.05) is 0 Å². The number of pyridine rings is 1. The molecular formula is C7H5FN2O. The molecule has 0 aromatic carbocycles. The van der Waals surface area contributed by atoms with Gasteiger partial charge in [0.25, 0.3) is 5.91 Å². The molecule has 3 nitrogen and oxygen atoms in total. The SMILES string of the molecule is O=C1NCc2cc(F)cnc21. The Hall–Kier alpha value is -1.45. The van der Waals surface area contributed by atoms with Crippen LogP contribution in [-0.2, 0) is 6.54 Å². The van der Waals surface area contributed by atoms with E-state index in [1.807, 2.05) is 0 Å². The number of hydrogen-bond acceptors (Lipinski definition) is 2. The highest BCUT2D eigenvalue weighted by Crippen LogP contribution is 2.12. The molecule has 1 aromatic heterocycles. The summed E-state index contributed by atoms with van der Waals surface area (Å²) in [5, 5.41) is 2.54. The van der Waals surface area contributed by atoms with Crippen LogP contribution in [0.15, 0.2) is 12.3 Å². The van der Waals surface area contributed by atoms with E-state index in [4.69, 9.17) is 0 Å². The third kappa shape index (κ3) is 0.869. The van der Waals surface area contributed by atoms with Crippen LogP contribution in [0.25, 0.3) is 0 Å². The monoisotopic (exact) mass is 152 g/mol. The first-order chi connectivity index (χ1) is 5.27. The summed E-state index contributed by atoms with van der Waals surface area (Å²) in [5.74, 6) is -0.625. The van der Waals surface area contributed by atoms with E-state index in [2.05, 4.69) is 10.3 Å². The van der Waals surface area contributed by atoms with Crippen LogP contribution in [0, 0.1) is 5.82 Å². The maximum Gasteiger partial charge on any atom is 0.270 e. The summed E-state index contributed by atoms with van der Waals surface area (Å²) in [6, 6.07) is 1.32. The number of nitrogens with zero attached hydrogens (tertiary/aromatic N) is 1. The highest BCUT2D eigenvalue weighted by Gasteiger charge is 2.19. The molecule has 4 heteroatoms. The number of hydrogen-bond donors (Lipinski definition) is 1. The molecule has 0 spiro atoms. The van der Waals surface area contributed by atoms with Crippen LogP contribution in [0.3, 0.4) is 0 Å². The van der Waals surface area contributed by atoms with Gasteiger partial charge in [0.15, 0.2) is 0 Å². The van der Waals surface area contributed by atoms with Gasteiger partial charge in [0.05, 0.1) is 6.20 Å². The zero-order chi connectivity index (χ0) is 7.84. The van der Waals surface area contributed by atoms with Crippen LogP contribution >= 0.6 is 0 Å². The largest absolute Gasteiger partial charge is 0.347 e. The molecule has 0 aliphatic carbocycles. The van der Waals surface area contributed by atoms with Gasteiger partial charge in [0.1, 0.15) is 11.5 Å². The lowest BCUT2D eigenvalue weighted by Gasteiger charge is -1.91. The van der Waals surface area contributed by atoms with Crippen molar-refractivity contribution >= 4 is 5.91 Å². The summed E-state index contributed by atoms with van der Waals surface area (Å²) < 4.78 is 12.5. The molecule has 2 rings (SSSR count). The Kier molecular flexibility index (Phi) is 1.15. The molecule has 0 saturated heterocycles. The van der Waals surface area contributed by atoms with Crippen molar-refractivity contribution in [2.24, 2.45) is 0 Å². The molecule has 56 valence electrons. The maximum absolute atomic E-state index is 12.5. The van der Waals surface area contributed by atoms with E-state index in [9.17, 15) is 9.18 Å². The minimum absolute atomic E-state index is 0.222. The molecule has 1 aliphatic rings. The molecule has 2 heterocycles. The van der Waals surface area contributed by atoms with Crippen LogP contribution < -0.4 is 5.32 Å². The predicted octanol–water partition coefficient (Wildman–Crippen LogP) is 0.464. The van der Waals surface area contributed by atoms with E-state index < -0.39 is 5.82 Å². The molecule has 1 aliphatic heterocycles. The van der Waals surface area contributed by atoms with Gasteiger partial charge in [0, 0.05) is 12.1 Å². The van der Waals surface area contributed by atoms with Crippen LogP contribution in [0.4, 0.5) is 4.39 Å². The lowest BCUT2D eigenvalue weighted by molar-refractivity contribution is 0.0961. The van der Waals surface area contributed by atoms with E-state index in [0.29, 0.717) is 17.8 Å². The summed E-state index contributed by atoms with van der Waals surface area (Å²) in [5.41, 5.74) is 0.974. The molecule has 1 N–H and O–H groups in total. The lowest BCUT2D eigenvalue weighted by Crippen LogP contribution is -2.13. The molecule has 1 amide bonds.